The summed E-state index contributed by atoms with van der Waals surface area (Å²) in [6, 6.07) is 7.15. The quantitative estimate of drug-likeness (QED) is 0.642. The molecule has 1 atom stereocenters. The highest BCUT2D eigenvalue weighted by molar-refractivity contribution is 8.00. The van der Waals surface area contributed by atoms with Crippen molar-refractivity contribution in [2.24, 2.45) is 5.92 Å². The molecule has 2 aliphatic rings. The number of nitrogens with zero attached hydrogens (tertiary/aromatic N) is 2. The van der Waals surface area contributed by atoms with Gasteiger partial charge in [-0.1, -0.05) is 38.3 Å². The molecule has 0 unspecified atom stereocenters. The van der Waals surface area contributed by atoms with Crippen molar-refractivity contribution >= 4 is 35.2 Å². The molecule has 6 heteroatoms. The summed E-state index contributed by atoms with van der Waals surface area (Å²) in [7, 11) is 0. The summed E-state index contributed by atoms with van der Waals surface area (Å²) in [5.74, 6) is 1.50. The monoisotopic (exact) mass is 422 g/mol. The van der Waals surface area contributed by atoms with Crippen LogP contribution < -0.4 is 0 Å². The molecule has 2 saturated heterocycles. The third kappa shape index (κ3) is 4.51. The van der Waals surface area contributed by atoms with Crippen LogP contribution in [0, 0.1) is 5.92 Å². The van der Waals surface area contributed by atoms with Crippen LogP contribution in [0.1, 0.15) is 62.7 Å². The summed E-state index contributed by atoms with van der Waals surface area (Å²) in [6.45, 7) is 6.56. The molecule has 1 aromatic rings. The highest BCUT2D eigenvalue weighted by Crippen LogP contribution is 2.44. The molecule has 0 N–H and O–H groups in total. The first-order chi connectivity index (χ1) is 13.5. The maximum Gasteiger partial charge on any atom is 0.254 e. The third-order valence-electron chi connectivity index (χ3n) is 6.12. The molecule has 28 heavy (non-hydrogen) atoms. The van der Waals surface area contributed by atoms with E-state index in [0.717, 1.165) is 63.9 Å². The molecule has 0 saturated carbocycles. The van der Waals surface area contributed by atoms with Crippen LogP contribution in [0.4, 0.5) is 0 Å². The lowest BCUT2D eigenvalue weighted by Crippen LogP contribution is -2.54. The topological polar surface area (TPSA) is 40.6 Å². The highest BCUT2D eigenvalue weighted by Gasteiger charge is 2.47. The summed E-state index contributed by atoms with van der Waals surface area (Å²) in [4.78, 5) is 30.0. The number of carbonyl (C=O) groups excluding carboxylic acids is 2. The van der Waals surface area contributed by atoms with Crippen LogP contribution in [-0.2, 0) is 4.79 Å². The second-order valence-electron chi connectivity index (χ2n) is 7.83. The Kier molecular flexibility index (Phi) is 7.32. The molecule has 2 aliphatic heterocycles. The van der Waals surface area contributed by atoms with Crippen molar-refractivity contribution in [1.29, 1.82) is 0 Å². The number of piperidine rings is 1. The predicted octanol–water partition coefficient (Wildman–Crippen LogP) is 5.06. The minimum atomic E-state index is -0.168. The lowest BCUT2D eigenvalue weighted by molar-refractivity contribution is -0.137. The number of thioether (sulfide) groups is 1. The first-order valence-corrected chi connectivity index (χ1v) is 11.9. The van der Waals surface area contributed by atoms with Crippen LogP contribution >= 0.6 is 23.4 Å². The number of rotatable bonds is 6. The zero-order chi connectivity index (χ0) is 20.1. The fourth-order valence-electron chi connectivity index (χ4n) is 4.35. The first kappa shape index (κ1) is 21.5. The molecular formula is C22H31ClN2O2S. The van der Waals surface area contributed by atoms with Crippen LogP contribution in [-0.4, -0.2) is 51.9 Å². The summed E-state index contributed by atoms with van der Waals surface area (Å²) in [5, 5.41) is 0.641. The summed E-state index contributed by atoms with van der Waals surface area (Å²) < 4.78 is 0. The van der Waals surface area contributed by atoms with Gasteiger partial charge < -0.3 is 9.80 Å². The van der Waals surface area contributed by atoms with Crippen LogP contribution in [0.5, 0.6) is 0 Å². The number of unbranched alkanes of at least 4 members (excludes halogenated alkanes) is 1. The van der Waals surface area contributed by atoms with E-state index in [0.29, 0.717) is 16.5 Å². The Morgan fingerprint density at radius 3 is 2.43 bits per heavy atom. The van der Waals surface area contributed by atoms with Crippen LogP contribution in [0.2, 0.25) is 5.02 Å². The molecule has 0 aliphatic carbocycles. The Labute approximate surface area is 178 Å². The zero-order valence-electron chi connectivity index (χ0n) is 17.0. The van der Waals surface area contributed by atoms with Gasteiger partial charge in [-0.15, -0.1) is 11.8 Å². The minimum Gasteiger partial charge on any atom is -0.342 e. The Morgan fingerprint density at radius 1 is 1.14 bits per heavy atom. The van der Waals surface area contributed by atoms with Gasteiger partial charge in [0.05, 0.1) is 4.87 Å². The van der Waals surface area contributed by atoms with Gasteiger partial charge in [-0.2, -0.15) is 0 Å². The summed E-state index contributed by atoms with van der Waals surface area (Å²) in [5.41, 5.74) is 0.690. The molecule has 2 heterocycles. The SMILES string of the molecule is CCCC[C@H](CC)C(=O)N1CCC2(CC1)SCCN2C(=O)c1ccc(Cl)cc1. The second-order valence-corrected chi connectivity index (χ2v) is 9.72. The number of benzene rings is 1. The summed E-state index contributed by atoms with van der Waals surface area (Å²) >= 11 is 7.85. The van der Waals surface area contributed by atoms with Gasteiger partial charge in [0, 0.05) is 41.9 Å². The van der Waals surface area contributed by atoms with Crippen molar-refractivity contribution in [3.63, 3.8) is 0 Å². The van der Waals surface area contributed by atoms with Gasteiger partial charge in [-0.25, -0.2) is 0 Å². The van der Waals surface area contributed by atoms with Gasteiger partial charge in [0.25, 0.3) is 5.91 Å². The Bertz CT molecular complexity index is 686. The van der Waals surface area contributed by atoms with Crippen molar-refractivity contribution in [2.75, 3.05) is 25.4 Å². The van der Waals surface area contributed by atoms with Gasteiger partial charge in [-0.3, -0.25) is 9.59 Å². The maximum absolute atomic E-state index is 13.1. The van der Waals surface area contributed by atoms with Gasteiger partial charge in [0.15, 0.2) is 0 Å². The normalized spacial score (nSPS) is 19.8. The number of halogens is 1. The van der Waals surface area contributed by atoms with Crippen LogP contribution in [0.25, 0.3) is 0 Å². The molecule has 3 rings (SSSR count). The van der Waals surface area contributed by atoms with E-state index >= 15 is 0 Å². The van der Waals surface area contributed by atoms with E-state index in [1.54, 1.807) is 24.3 Å². The molecule has 2 amide bonds. The van der Waals surface area contributed by atoms with E-state index in [4.69, 9.17) is 11.6 Å². The number of likely N-dealkylation sites (tertiary alicyclic amines) is 1. The van der Waals surface area contributed by atoms with Gasteiger partial charge in [0.1, 0.15) is 0 Å². The first-order valence-electron chi connectivity index (χ1n) is 10.5. The largest absolute Gasteiger partial charge is 0.342 e. The fourth-order valence-corrected chi connectivity index (χ4v) is 5.93. The fraction of sp³-hybridized carbons (Fsp3) is 0.636. The second kappa shape index (κ2) is 9.53. The predicted molar refractivity (Wildman–Crippen MR) is 117 cm³/mol. The van der Waals surface area contributed by atoms with Crippen molar-refractivity contribution in [3.8, 4) is 0 Å². The highest BCUT2D eigenvalue weighted by atomic mass is 35.5. The van der Waals surface area contributed by atoms with Crippen molar-refractivity contribution in [3.05, 3.63) is 34.9 Å². The number of hydrogen-bond acceptors (Lipinski definition) is 3. The summed E-state index contributed by atoms with van der Waals surface area (Å²) in [6.07, 6.45) is 5.85. The number of amides is 2. The zero-order valence-corrected chi connectivity index (χ0v) is 18.5. The number of carbonyl (C=O) groups is 2. The average Bonchev–Trinajstić information content (AvgIpc) is 3.12. The molecule has 1 spiro atoms. The number of hydrogen-bond donors (Lipinski definition) is 0. The molecule has 0 radical (unpaired) electrons. The minimum absolute atomic E-state index is 0.0795. The van der Waals surface area contributed by atoms with Crippen molar-refractivity contribution in [2.45, 2.75) is 57.2 Å². The lowest BCUT2D eigenvalue weighted by Gasteiger charge is -2.44. The van der Waals surface area contributed by atoms with Gasteiger partial charge >= 0.3 is 0 Å². The Morgan fingerprint density at radius 2 is 1.82 bits per heavy atom. The molecule has 0 bridgehead atoms. The molecule has 2 fully saturated rings. The molecule has 0 aromatic heterocycles. The molecule has 154 valence electrons. The van der Waals surface area contributed by atoms with E-state index in [-0.39, 0.29) is 16.7 Å². The maximum atomic E-state index is 13.1. The van der Waals surface area contributed by atoms with Gasteiger partial charge in [-0.05, 0) is 49.9 Å². The van der Waals surface area contributed by atoms with Gasteiger partial charge in [0.2, 0.25) is 5.91 Å². The van der Waals surface area contributed by atoms with Crippen LogP contribution in [0.3, 0.4) is 0 Å². The Hall–Kier alpha value is -1.20. The third-order valence-corrected chi connectivity index (χ3v) is 7.92. The van der Waals surface area contributed by atoms with E-state index in [9.17, 15) is 9.59 Å². The van der Waals surface area contributed by atoms with Crippen molar-refractivity contribution < 1.29 is 9.59 Å². The van der Waals surface area contributed by atoms with E-state index in [2.05, 4.69) is 13.8 Å². The smallest absolute Gasteiger partial charge is 0.254 e. The van der Waals surface area contributed by atoms with Crippen LogP contribution in [0.15, 0.2) is 24.3 Å². The standard InChI is InChI=1S/C22H31ClN2O2S/c1-3-5-6-17(4-2)20(26)24-13-11-22(12-14-24)25(15-16-28-22)21(27)18-7-9-19(23)10-8-18/h7-10,17H,3-6,11-16H2,1-2H3/t17-/m0/s1. The molecule has 4 nitrogen and oxygen atoms in total. The average molecular weight is 423 g/mol. The van der Waals surface area contributed by atoms with E-state index < -0.39 is 0 Å². The lowest BCUT2D eigenvalue weighted by atomic mass is 9.95. The van der Waals surface area contributed by atoms with E-state index in [1.807, 2.05) is 21.6 Å². The Balaban J connectivity index is 1.65. The molecule has 1 aromatic carbocycles. The van der Waals surface area contributed by atoms with E-state index in [1.165, 1.54) is 0 Å². The molecular weight excluding hydrogens is 392 g/mol. The van der Waals surface area contributed by atoms with Crippen molar-refractivity contribution in [1.82, 2.24) is 9.80 Å².